The number of rotatable bonds is 7. The molecule has 8 heteroatoms. The first kappa shape index (κ1) is 21.1. The van der Waals surface area contributed by atoms with E-state index in [1.54, 1.807) is 18.2 Å². The van der Waals surface area contributed by atoms with E-state index in [1.807, 2.05) is 47.9 Å². The number of aromatic nitrogens is 3. The third kappa shape index (κ3) is 5.14. The van der Waals surface area contributed by atoms with E-state index in [0.717, 1.165) is 37.2 Å². The Morgan fingerprint density at radius 3 is 2.52 bits per heavy atom. The van der Waals surface area contributed by atoms with Crippen LogP contribution in [0.1, 0.15) is 41.9 Å². The molecule has 1 heterocycles. The van der Waals surface area contributed by atoms with Gasteiger partial charge in [-0.25, -0.2) is 0 Å². The van der Waals surface area contributed by atoms with E-state index in [4.69, 9.17) is 0 Å². The summed E-state index contributed by atoms with van der Waals surface area (Å²) in [6, 6.07) is 17.1. The SMILES string of the molecule is Cc1nnc(SCC(=O)Nc2ccccc2C(=O)NC2CCCC2)n1-c1ccccc1. The summed E-state index contributed by atoms with van der Waals surface area (Å²) in [5, 5.41) is 15.0. The predicted octanol–water partition coefficient (Wildman–Crippen LogP) is 3.98. The summed E-state index contributed by atoms with van der Waals surface area (Å²) in [5.41, 5.74) is 1.95. The summed E-state index contributed by atoms with van der Waals surface area (Å²) in [6.07, 6.45) is 4.32. The van der Waals surface area contributed by atoms with Crippen molar-refractivity contribution >= 4 is 29.3 Å². The number of carbonyl (C=O) groups is 2. The minimum atomic E-state index is -0.202. The van der Waals surface area contributed by atoms with Crippen molar-refractivity contribution in [3.63, 3.8) is 0 Å². The van der Waals surface area contributed by atoms with Gasteiger partial charge in [0, 0.05) is 11.7 Å². The molecular weight excluding hydrogens is 410 g/mol. The molecule has 2 aromatic carbocycles. The van der Waals surface area contributed by atoms with Crippen LogP contribution in [0.25, 0.3) is 5.69 Å². The van der Waals surface area contributed by atoms with Gasteiger partial charge in [0.05, 0.1) is 17.0 Å². The molecule has 1 aliphatic rings. The first-order chi connectivity index (χ1) is 15.1. The summed E-state index contributed by atoms with van der Waals surface area (Å²) in [5.74, 6) is 0.563. The minimum absolute atomic E-state index is 0.144. The topological polar surface area (TPSA) is 88.9 Å². The maximum atomic E-state index is 12.7. The van der Waals surface area contributed by atoms with Gasteiger partial charge in [-0.2, -0.15) is 0 Å². The third-order valence-electron chi connectivity index (χ3n) is 5.28. The highest BCUT2D eigenvalue weighted by atomic mass is 32.2. The van der Waals surface area contributed by atoms with Crippen molar-refractivity contribution < 1.29 is 9.59 Å². The van der Waals surface area contributed by atoms with Crippen LogP contribution in [0.5, 0.6) is 0 Å². The van der Waals surface area contributed by atoms with E-state index >= 15 is 0 Å². The molecule has 3 aromatic rings. The number of hydrogen-bond acceptors (Lipinski definition) is 5. The Bertz CT molecular complexity index is 1060. The lowest BCUT2D eigenvalue weighted by Gasteiger charge is -2.15. The summed E-state index contributed by atoms with van der Waals surface area (Å²) < 4.78 is 1.92. The minimum Gasteiger partial charge on any atom is -0.349 e. The normalized spacial score (nSPS) is 13.8. The predicted molar refractivity (Wildman–Crippen MR) is 122 cm³/mol. The van der Waals surface area contributed by atoms with Crippen LogP contribution in [-0.4, -0.2) is 38.4 Å². The van der Waals surface area contributed by atoms with Gasteiger partial charge in [-0.3, -0.25) is 14.2 Å². The Morgan fingerprint density at radius 1 is 1.03 bits per heavy atom. The molecular formula is C23H25N5O2S. The lowest BCUT2D eigenvalue weighted by atomic mass is 10.1. The summed E-state index contributed by atoms with van der Waals surface area (Å²) >= 11 is 1.31. The molecule has 1 aliphatic carbocycles. The Labute approximate surface area is 185 Å². The zero-order valence-electron chi connectivity index (χ0n) is 17.4. The van der Waals surface area contributed by atoms with Gasteiger partial charge in [0.1, 0.15) is 5.82 Å². The number of amides is 2. The second kappa shape index (κ2) is 9.78. The van der Waals surface area contributed by atoms with Crippen LogP contribution in [0.3, 0.4) is 0 Å². The van der Waals surface area contributed by atoms with Crippen LogP contribution >= 0.6 is 11.8 Å². The number of thioether (sulfide) groups is 1. The smallest absolute Gasteiger partial charge is 0.253 e. The molecule has 4 rings (SSSR count). The van der Waals surface area contributed by atoms with Crippen LogP contribution in [0.4, 0.5) is 5.69 Å². The standard InChI is InChI=1S/C23H25N5O2S/c1-16-26-27-23(28(16)18-11-3-2-4-12-18)31-15-21(29)25-20-14-8-7-13-19(20)22(30)24-17-9-5-6-10-17/h2-4,7-8,11-14,17H,5-6,9-10,15H2,1H3,(H,24,30)(H,25,29). The van der Waals surface area contributed by atoms with Crippen LogP contribution in [-0.2, 0) is 4.79 Å². The summed E-state index contributed by atoms with van der Waals surface area (Å²) in [7, 11) is 0. The second-order valence-electron chi connectivity index (χ2n) is 7.54. The van der Waals surface area contributed by atoms with E-state index in [9.17, 15) is 9.59 Å². The zero-order chi connectivity index (χ0) is 21.6. The Kier molecular flexibility index (Phi) is 6.66. The quantitative estimate of drug-likeness (QED) is 0.548. The molecule has 7 nitrogen and oxygen atoms in total. The molecule has 1 aromatic heterocycles. The van der Waals surface area contributed by atoms with Crippen LogP contribution in [0, 0.1) is 6.92 Å². The van der Waals surface area contributed by atoms with Gasteiger partial charge in [-0.15, -0.1) is 10.2 Å². The average Bonchev–Trinajstić information content (AvgIpc) is 3.42. The van der Waals surface area contributed by atoms with E-state index in [1.165, 1.54) is 11.8 Å². The molecule has 2 N–H and O–H groups in total. The fourth-order valence-corrected chi connectivity index (χ4v) is 4.55. The van der Waals surface area contributed by atoms with E-state index in [-0.39, 0.29) is 23.6 Å². The van der Waals surface area contributed by atoms with Gasteiger partial charge in [-0.05, 0) is 44.0 Å². The van der Waals surface area contributed by atoms with Gasteiger partial charge in [-0.1, -0.05) is 54.9 Å². The Hall–Kier alpha value is -3.13. The number of anilines is 1. The Balaban J connectivity index is 1.41. The van der Waals surface area contributed by atoms with Crippen molar-refractivity contribution in [2.24, 2.45) is 0 Å². The number of carbonyl (C=O) groups excluding carboxylic acids is 2. The molecule has 0 saturated heterocycles. The van der Waals surface area contributed by atoms with Gasteiger partial charge in [0.25, 0.3) is 5.91 Å². The highest BCUT2D eigenvalue weighted by Gasteiger charge is 2.20. The number of hydrogen-bond donors (Lipinski definition) is 2. The molecule has 0 bridgehead atoms. The van der Waals surface area contributed by atoms with Gasteiger partial charge < -0.3 is 10.6 Å². The summed E-state index contributed by atoms with van der Waals surface area (Å²) in [6.45, 7) is 1.88. The molecule has 31 heavy (non-hydrogen) atoms. The number of nitrogens with one attached hydrogen (secondary N) is 2. The number of nitrogens with zero attached hydrogens (tertiary/aromatic N) is 3. The maximum Gasteiger partial charge on any atom is 0.253 e. The first-order valence-corrected chi connectivity index (χ1v) is 11.4. The van der Waals surface area contributed by atoms with E-state index in [0.29, 0.717) is 16.4 Å². The van der Waals surface area contributed by atoms with Crippen molar-refractivity contribution in [2.75, 3.05) is 11.1 Å². The highest BCUT2D eigenvalue weighted by molar-refractivity contribution is 7.99. The number of para-hydroxylation sites is 2. The van der Waals surface area contributed by atoms with Crippen molar-refractivity contribution in [3.8, 4) is 5.69 Å². The molecule has 2 amide bonds. The molecule has 0 spiro atoms. The fourth-order valence-electron chi connectivity index (χ4n) is 3.75. The van der Waals surface area contributed by atoms with Crippen LogP contribution < -0.4 is 10.6 Å². The average molecular weight is 436 g/mol. The summed E-state index contributed by atoms with van der Waals surface area (Å²) in [4.78, 5) is 25.3. The monoisotopic (exact) mass is 435 g/mol. The van der Waals surface area contributed by atoms with Gasteiger partial charge in [0.15, 0.2) is 5.16 Å². The van der Waals surface area contributed by atoms with Crippen molar-refractivity contribution in [1.29, 1.82) is 0 Å². The molecule has 0 unspecified atom stereocenters. The van der Waals surface area contributed by atoms with Crippen LogP contribution in [0.2, 0.25) is 0 Å². The lowest BCUT2D eigenvalue weighted by molar-refractivity contribution is -0.113. The molecule has 0 atom stereocenters. The molecule has 0 aliphatic heterocycles. The highest BCUT2D eigenvalue weighted by Crippen LogP contribution is 2.23. The fraction of sp³-hybridized carbons (Fsp3) is 0.304. The van der Waals surface area contributed by atoms with Crippen LogP contribution in [0.15, 0.2) is 59.8 Å². The molecule has 1 saturated carbocycles. The van der Waals surface area contributed by atoms with E-state index in [2.05, 4.69) is 20.8 Å². The number of benzene rings is 2. The second-order valence-corrected chi connectivity index (χ2v) is 8.48. The first-order valence-electron chi connectivity index (χ1n) is 10.4. The van der Waals surface area contributed by atoms with Crippen molar-refractivity contribution in [2.45, 2.75) is 43.8 Å². The Morgan fingerprint density at radius 2 is 1.74 bits per heavy atom. The third-order valence-corrected chi connectivity index (χ3v) is 6.21. The lowest BCUT2D eigenvalue weighted by Crippen LogP contribution is -2.33. The largest absolute Gasteiger partial charge is 0.349 e. The number of aryl methyl sites for hydroxylation is 1. The van der Waals surface area contributed by atoms with E-state index < -0.39 is 0 Å². The molecule has 1 fully saturated rings. The molecule has 0 radical (unpaired) electrons. The van der Waals surface area contributed by atoms with Crippen molar-refractivity contribution in [1.82, 2.24) is 20.1 Å². The van der Waals surface area contributed by atoms with Crippen molar-refractivity contribution in [3.05, 3.63) is 66.0 Å². The van der Waals surface area contributed by atoms with Gasteiger partial charge >= 0.3 is 0 Å². The zero-order valence-corrected chi connectivity index (χ0v) is 18.2. The molecule has 160 valence electrons. The maximum absolute atomic E-state index is 12.7. The van der Waals surface area contributed by atoms with Gasteiger partial charge in [0.2, 0.25) is 5.91 Å².